The summed E-state index contributed by atoms with van der Waals surface area (Å²) in [6.45, 7) is 7.76. The molecule has 0 N–H and O–H groups in total. The van der Waals surface area contributed by atoms with Crippen molar-refractivity contribution in [3.8, 4) is 0 Å². The van der Waals surface area contributed by atoms with Crippen LogP contribution in [0.25, 0.3) is 0 Å². The Labute approximate surface area is 125 Å². The normalized spacial score (nSPS) is 25.0. The number of hydrogen-bond donors (Lipinski definition) is 0. The van der Waals surface area contributed by atoms with Crippen molar-refractivity contribution in [1.82, 2.24) is 14.7 Å². The number of nitrogens with zero attached hydrogens (tertiary/aromatic N) is 4. The van der Waals surface area contributed by atoms with Crippen LogP contribution in [0.3, 0.4) is 0 Å². The highest BCUT2D eigenvalue weighted by molar-refractivity contribution is 6.05. The summed E-state index contributed by atoms with van der Waals surface area (Å²) in [5.74, 6) is 1.15. The van der Waals surface area contributed by atoms with Gasteiger partial charge in [-0.2, -0.15) is 5.10 Å². The number of aromatic nitrogens is 2. The van der Waals surface area contributed by atoms with E-state index in [-0.39, 0.29) is 17.9 Å². The third kappa shape index (κ3) is 2.41. The summed E-state index contributed by atoms with van der Waals surface area (Å²) in [7, 11) is 0. The molecule has 21 heavy (non-hydrogen) atoms. The van der Waals surface area contributed by atoms with Crippen LogP contribution in [0.5, 0.6) is 0 Å². The van der Waals surface area contributed by atoms with Crippen molar-refractivity contribution in [2.24, 2.45) is 16.8 Å². The summed E-state index contributed by atoms with van der Waals surface area (Å²) < 4.78 is 1.92. The number of aliphatic imine (C=N–C) groups is 1. The molecule has 0 spiro atoms. The highest BCUT2D eigenvalue weighted by Gasteiger charge is 2.40. The summed E-state index contributed by atoms with van der Waals surface area (Å²) in [4.78, 5) is 19.5. The van der Waals surface area contributed by atoms with Crippen LogP contribution in [0.1, 0.15) is 33.2 Å². The van der Waals surface area contributed by atoms with Crippen molar-refractivity contribution in [2.45, 2.75) is 33.2 Å². The van der Waals surface area contributed by atoms with Gasteiger partial charge in [-0.3, -0.25) is 4.79 Å². The van der Waals surface area contributed by atoms with Crippen molar-refractivity contribution in [3.63, 3.8) is 0 Å². The Hall–Kier alpha value is -1.91. The molecule has 0 saturated carbocycles. The van der Waals surface area contributed by atoms with Crippen LogP contribution in [0.15, 0.2) is 29.4 Å². The number of hydrogen-bond acceptors (Lipinski definition) is 3. The predicted molar refractivity (Wildman–Crippen MR) is 82.7 cm³/mol. The highest BCUT2D eigenvalue weighted by atomic mass is 16.2. The van der Waals surface area contributed by atoms with E-state index >= 15 is 0 Å². The van der Waals surface area contributed by atoms with Crippen molar-refractivity contribution in [3.05, 3.63) is 24.4 Å². The molecule has 5 heteroatoms. The third-order valence-corrected chi connectivity index (χ3v) is 4.33. The first-order chi connectivity index (χ1) is 10.1. The first-order valence-electron chi connectivity index (χ1n) is 7.62. The van der Waals surface area contributed by atoms with Crippen LogP contribution in [-0.2, 0) is 4.79 Å². The summed E-state index contributed by atoms with van der Waals surface area (Å²) in [6, 6.07) is 1.95. The molecule has 2 unspecified atom stereocenters. The molecule has 1 amide bonds. The Balaban J connectivity index is 1.96. The van der Waals surface area contributed by atoms with E-state index in [0.717, 1.165) is 24.5 Å². The van der Waals surface area contributed by atoms with Crippen LogP contribution in [0.4, 0.5) is 5.82 Å². The number of fused-ring (bicyclic) bond motifs is 1. The minimum atomic E-state index is -0.205. The minimum absolute atomic E-state index is 0.0471. The van der Waals surface area contributed by atoms with Gasteiger partial charge in [0.05, 0.1) is 18.2 Å². The number of rotatable bonds is 2. The fourth-order valence-corrected chi connectivity index (χ4v) is 3.29. The van der Waals surface area contributed by atoms with E-state index in [1.807, 2.05) is 22.6 Å². The van der Waals surface area contributed by atoms with E-state index in [2.05, 4.69) is 36.1 Å². The average Bonchev–Trinajstić information content (AvgIpc) is 2.93. The Morgan fingerprint density at radius 2 is 2.19 bits per heavy atom. The Morgan fingerprint density at radius 3 is 2.86 bits per heavy atom. The molecular formula is C16H22N4O. The van der Waals surface area contributed by atoms with Gasteiger partial charge < -0.3 is 4.90 Å². The number of carbonyl (C=O) groups is 1. The molecule has 0 aromatic carbocycles. The monoisotopic (exact) mass is 286 g/mol. The smallest absolute Gasteiger partial charge is 0.233 e. The van der Waals surface area contributed by atoms with Gasteiger partial charge in [0.25, 0.3) is 0 Å². The van der Waals surface area contributed by atoms with Gasteiger partial charge in [-0.1, -0.05) is 26.0 Å². The average molecular weight is 286 g/mol. The topological polar surface area (TPSA) is 50.5 Å². The molecule has 3 rings (SSSR count). The first-order valence-corrected chi connectivity index (χ1v) is 7.62. The van der Waals surface area contributed by atoms with Crippen molar-refractivity contribution < 1.29 is 4.79 Å². The van der Waals surface area contributed by atoms with Crippen molar-refractivity contribution in [1.29, 1.82) is 0 Å². The van der Waals surface area contributed by atoms with E-state index in [1.54, 1.807) is 6.20 Å². The van der Waals surface area contributed by atoms with E-state index < -0.39 is 0 Å². The SMILES string of the molecule is CC1=Nc2ccnn2C(C(C)C)C1C(=O)N1CC=CCC1. The summed E-state index contributed by atoms with van der Waals surface area (Å²) >= 11 is 0. The molecule has 3 heterocycles. The molecule has 0 bridgehead atoms. The quantitative estimate of drug-likeness (QED) is 0.785. The molecule has 1 aromatic rings. The van der Waals surface area contributed by atoms with Gasteiger partial charge in [0, 0.05) is 24.9 Å². The predicted octanol–water partition coefficient (Wildman–Crippen LogP) is 2.59. The molecule has 2 aliphatic heterocycles. The van der Waals surface area contributed by atoms with Gasteiger partial charge in [0.2, 0.25) is 5.91 Å². The van der Waals surface area contributed by atoms with Crippen molar-refractivity contribution in [2.75, 3.05) is 13.1 Å². The molecule has 0 aliphatic carbocycles. The van der Waals surface area contributed by atoms with Crippen molar-refractivity contribution >= 4 is 17.4 Å². The molecule has 1 aromatic heterocycles. The van der Waals surface area contributed by atoms with Crippen LogP contribution < -0.4 is 0 Å². The van der Waals surface area contributed by atoms with Crippen LogP contribution in [-0.4, -0.2) is 39.4 Å². The zero-order valence-electron chi connectivity index (χ0n) is 12.9. The molecule has 0 saturated heterocycles. The molecule has 112 valence electrons. The summed E-state index contributed by atoms with van der Waals surface area (Å²) in [5.41, 5.74) is 0.904. The van der Waals surface area contributed by atoms with E-state index in [0.29, 0.717) is 12.5 Å². The fourth-order valence-electron chi connectivity index (χ4n) is 3.29. The molecule has 2 aliphatic rings. The highest BCUT2D eigenvalue weighted by Crippen LogP contribution is 2.37. The lowest BCUT2D eigenvalue weighted by Crippen LogP contribution is -2.46. The second-order valence-corrected chi connectivity index (χ2v) is 6.14. The van der Waals surface area contributed by atoms with Gasteiger partial charge in [0.1, 0.15) is 0 Å². The maximum atomic E-state index is 13.0. The van der Waals surface area contributed by atoms with Gasteiger partial charge in [-0.15, -0.1) is 0 Å². The van der Waals surface area contributed by atoms with Gasteiger partial charge in [0.15, 0.2) is 5.82 Å². The number of carbonyl (C=O) groups excluding carboxylic acids is 1. The van der Waals surface area contributed by atoms with E-state index in [1.165, 1.54) is 0 Å². The second kappa shape index (κ2) is 5.47. The van der Waals surface area contributed by atoms with E-state index in [9.17, 15) is 4.79 Å². The molecular weight excluding hydrogens is 264 g/mol. The maximum absolute atomic E-state index is 13.0. The van der Waals surface area contributed by atoms with Gasteiger partial charge >= 0.3 is 0 Å². The largest absolute Gasteiger partial charge is 0.338 e. The Morgan fingerprint density at radius 1 is 1.38 bits per heavy atom. The zero-order chi connectivity index (χ0) is 15.0. The van der Waals surface area contributed by atoms with Crippen LogP contribution in [0, 0.1) is 11.8 Å². The third-order valence-electron chi connectivity index (χ3n) is 4.33. The minimum Gasteiger partial charge on any atom is -0.338 e. The molecule has 5 nitrogen and oxygen atoms in total. The second-order valence-electron chi connectivity index (χ2n) is 6.14. The summed E-state index contributed by atoms with van der Waals surface area (Å²) in [6.07, 6.45) is 6.91. The summed E-state index contributed by atoms with van der Waals surface area (Å²) in [5, 5.41) is 4.40. The lowest BCUT2D eigenvalue weighted by molar-refractivity contribution is -0.134. The van der Waals surface area contributed by atoms with Crippen LogP contribution >= 0.6 is 0 Å². The standard InChI is InChI=1S/C16H22N4O/c1-11(2)15-14(16(21)19-9-5-4-6-10-19)12(3)18-13-7-8-17-20(13)15/h4-5,7-8,11,14-15H,6,9-10H2,1-3H3. The first kappa shape index (κ1) is 14.0. The number of amides is 1. The van der Waals surface area contributed by atoms with Gasteiger partial charge in [-0.25, -0.2) is 9.67 Å². The molecule has 2 atom stereocenters. The lowest BCUT2D eigenvalue weighted by atomic mass is 9.85. The maximum Gasteiger partial charge on any atom is 0.233 e. The Bertz CT molecular complexity index is 599. The van der Waals surface area contributed by atoms with E-state index in [4.69, 9.17) is 0 Å². The molecule has 0 radical (unpaired) electrons. The van der Waals surface area contributed by atoms with Gasteiger partial charge in [-0.05, 0) is 19.3 Å². The van der Waals surface area contributed by atoms with Crippen LogP contribution in [0.2, 0.25) is 0 Å². The fraction of sp³-hybridized carbons (Fsp3) is 0.562. The lowest BCUT2D eigenvalue weighted by Gasteiger charge is -2.36. The zero-order valence-corrected chi connectivity index (χ0v) is 12.9. The molecule has 0 fully saturated rings. The Kier molecular flexibility index (Phi) is 3.66.